The van der Waals surface area contributed by atoms with Gasteiger partial charge in [0, 0.05) is 22.4 Å². The van der Waals surface area contributed by atoms with Crippen LogP contribution in [0.3, 0.4) is 0 Å². The van der Waals surface area contributed by atoms with Gasteiger partial charge in [0.1, 0.15) is 0 Å². The zero-order valence-electron chi connectivity index (χ0n) is 10.0. The van der Waals surface area contributed by atoms with E-state index in [1.54, 1.807) is 12.5 Å². The van der Waals surface area contributed by atoms with Gasteiger partial charge in [-0.3, -0.25) is 0 Å². The summed E-state index contributed by atoms with van der Waals surface area (Å²) in [6.45, 7) is 0. The average molecular weight is 315 g/mol. The molecule has 0 bridgehead atoms. The second kappa shape index (κ2) is 5.28. The Morgan fingerprint density at radius 3 is 2.63 bits per heavy atom. The average Bonchev–Trinajstić information content (AvgIpc) is 3.08. The van der Waals surface area contributed by atoms with Crippen LogP contribution in [0.5, 0.6) is 0 Å². The van der Waals surface area contributed by atoms with Crippen molar-refractivity contribution in [2.75, 3.05) is 0 Å². The number of hydrogen-bond donors (Lipinski definition) is 0. The second-order valence-corrected chi connectivity index (χ2v) is 4.90. The maximum Gasteiger partial charge on any atom is 0.218 e. The molecule has 0 fully saturated rings. The lowest BCUT2D eigenvalue weighted by atomic mass is 10.3. The van der Waals surface area contributed by atoms with Crippen LogP contribution in [-0.4, -0.2) is 10.8 Å². The van der Waals surface area contributed by atoms with Gasteiger partial charge < -0.3 is 8.98 Å². The molecule has 2 aromatic heterocycles. The third-order valence-corrected chi connectivity index (χ3v) is 3.24. The molecule has 0 aliphatic carbocycles. The van der Waals surface area contributed by atoms with E-state index in [1.807, 2.05) is 54.7 Å². The molecule has 0 unspecified atom stereocenters. The molecule has 3 nitrogen and oxygen atoms in total. The van der Waals surface area contributed by atoms with Crippen LogP contribution in [0.15, 0.2) is 74.9 Å². The van der Waals surface area contributed by atoms with Crippen LogP contribution in [0.25, 0.3) is 5.69 Å². The first-order valence-corrected chi connectivity index (χ1v) is 6.63. The molecule has 2 heterocycles. The molecule has 0 atom stereocenters. The summed E-state index contributed by atoms with van der Waals surface area (Å²) in [5, 5.41) is 0. The minimum Gasteiger partial charge on any atom is -0.447 e. The lowest BCUT2D eigenvalue weighted by Crippen LogP contribution is -1.97. The van der Waals surface area contributed by atoms with Gasteiger partial charge in [0.2, 0.25) is 5.88 Å². The van der Waals surface area contributed by atoms with Crippen molar-refractivity contribution >= 4 is 28.0 Å². The van der Waals surface area contributed by atoms with Crippen molar-refractivity contribution in [3.8, 4) is 5.69 Å². The fourth-order valence-corrected chi connectivity index (χ4v) is 2.07. The Hall–Kier alpha value is -2.07. The van der Waals surface area contributed by atoms with Crippen molar-refractivity contribution in [1.29, 1.82) is 0 Å². The summed E-state index contributed by atoms with van der Waals surface area (Å²) in [4.78, 5) is 4.29. The lowest BCUT2D eigenvalue weighted by molar-refractivity contribution is 0.578. The van der Waals surface area contributed by atoms with E-state index in [0.29, 0.717) is 5.88 Å². The predicted octanol–water partition coefficient (Wildman–Crippen LogP) is 4.58. The molecule has 0 N–H and O–H groups in total. The molecular weight excluding hydrogens is 304 g/mol. The number of benzene rings is 1. The Balaban J connectivity index is 1.92. The van der Waals surface area contributed by atoms with Gasteiger partial charge in [-0.05, 0) is 42.5 Å². The van der Waals surface area contributed by atoms with Gasteiger partial charge >= 0.3 is 0 Å². The minimum atomic E-state index is 0.601. The summed E-state index contributed by atoms with van der Waals surface area (Å²) in [5.41, 5.74) is 2.09. The van der Waals surface area contributed by atoms with E-state index in [1.165, 1.54) is 0 Å². The molecular formula is C15H11BrN2O. The van der Waals surface area contributed by atoms with Gasteiger partial charge in [0.15, 0.2) is 0 Å². The van der Waals surface area contributed by atoms with E-state index in [9.17, 15) is 0 Å². The third kappa shape index (κ3) is 2.69. The number of aromatic nitrogens is 1. The highest BCUT2D eigenvalue weighted by Gasteiger charge is 2.01. The summed E-state index contributed by atoms with van der Waals surface area (Å²) in [7, 11) is 0. The molecule has 0 saturated carbocycles. The molecule has 0 radical (unpaired) electrons. The Morgan fingerprint density at radius 2 is 1.89 bits per heavy atom. The van der Waals surface area contributed by atoms with Crippen LogP contribution < -0.4 is 0 Å². The van der Waals surface area contributed by atoms with E-state index in [0.717, 1.165) is 15.9 Å². The molecule has 0 amide bonds. The molecule has 0 aliphatic rings. The minimum absolute atomic E-state index is 0.601. The third-order valence-electron chi connectivity index (χ3n) is 2.72. The van der Waals surface area contributed by atoms with Gasteiger partial charge in [-0.15, -0.1) is 0 Å². The van der Waals surface area contributed by atoms with Gasteiger partial charge in [0.05, 0.1) is 18.2 Å². The molecule has 94 valence electrons. The fraction of sp³-hybridized carbons (Fsp3) is 0. The Bertz CT molecular complexity index is 681. The molecule has 0 saturated heterocycles. The molecule has 19 heavy (non-hydrogen) atoms. The molecule has 1 aromatic carbocycles. The summed E-state index contributed by atoms with van der Waals surface area (Å²) in [5.74, 6) is 0.601. The number of nitrogens with zero attached hydrogens (tertiary/aromatic N) is 2. The standard InChI is InChI=1S/C15H11BrN2O/c16-12-5-7-13(8-6-12)18-9-1-3-14(18)11-17-15-4-2-10-19-15/h1-11H. The molecule has 0 spiro atoms. The first-order chi connectivity index (χ1) is 9.33. The van der Waals surface area contributed by atoms with Crippen molar-refractivity contribution in [2.24, 2.45) is 4.99 Å². The highest BCUT2D eigenvalue weighted by Crippen LogP contribution is 2.17. The van der Waals surface area contributed by atoms with Gasteiger partial charge in [-0.2, -0.15) is 0 Å². The zero-order valence-corrected chi connectivity index (χ0v) is 11.6. The smallest absolute Gasteiger partial charge is 0.218 e. The van der Waals surface area contributed by atoms with E-state index < -0.39 is 0 Å². The van der Waals surface area contributed by atoms with Crippen LogP contribution in [0, 0.1) is 0 Å². The molecule has 3 rings (SSSR count). The summed E-state index contributed by atoms with van der Waals surface area (Å²) in [6.07, 6.45) is 5.41. The van der Waals surface area contributed by atoms with Crippen molar-refractivity contribution < 1.29 is 4.42 Å². The topological polar surface area (TPSA) is 30.4 Å². The SMILES string of the molecule is Brc1ccc(-n2cccc2C=Nc2ccco2)cc1. The highest BCUT2D eigenvalue weighted by atomic mass is 79.9. The summed E-state index contributed by atoms with van der Waals surface area (Å²) in [6, 6.07) is 15.8. The van der Waals surface area contributed by atoms with Gasteiger partial charge in [-0.25, -0.2) is 4.99 Å². The van der Waals surface area contributed by atoms with Gasteiger partial charge in [-0.1, -0.05) is 15.9 Å². The first-order valence-electron chi connectivity index (χ1n) is 5.84. The van der Waals surface area contributed by atoms with Gasteiger partial charge in [0.25, 0.3) is 0 Å². The number of halogens is 1. The predicted molar refractivity (Wildman–Crippen MR) is 79.4 cm³/mol. The first kappa shape index (κ1) is 12.0. The van der Waals surface area contributed by atoms with Crippen molar-refractivity contribution in [1.82, 2.24) is 4.57 Å². The number of rotatable bonds is 3. The monoisotopic (exact) mass is 314 g/mol. The van der Waals surface area contributed by atoms with Crippen LogP contribution >= 0.6 is 15.9 Å². The molecule has 3 aromatic rings. The maximum atomic E-state index is 5.18. The van der Waals surface area contributed by atoms with Crippen molar-refractivity contribution in [3.63, 3.8) is 0 Å². The number of furan rings is 1. The van der Waals surface area contributed by atoms with Crippen LogP contribution in [0.2, 0.25) is 0 Å². The summed E-state index contributed by atoms with van der Waals surface area (Å²) >= 11 is 3.44. The number of aliphatic imine (C=N–C) groups is 1. The van der Waals surface area contributed by atoms with E-state index >= 15 is 0 Å². The fourth-order valence-electron chi connectivity index (χ4n) is 1.81. The normalized spacial score (nSPS) is 11.2. The maximum absolute atomic E-state index is 5.18. The quantitative estimate of drug-likeness (QED) is 0.651. The van der Waals surface area contributed by atoms with Crippen molar-refractivity contribution in [3.05, 3.63) is 71.2 Å². The lowest BCUT2D eigenvalue weighted by Gasteiger charge is -2.05. The Morgan fingerprint density at radius 1 is 1.05 bits per heavy atom. The zero-order chi connectivity index (χ0) is 13.1. The van der Waals surface area contributed by atoms with Crippen LogP contribution in [0.1, 0.15) is 5.69 Å². The van der Waals surface area contributed by atoms with Crippen LogP contribution in [0.4, 0.5) is 5.88 Å². The summed E-state index contributed by atoms with van der Waals surface area (Å²) < 4.78 is 8.31. The second-order valence-electron chi connectivity index (χ2n) is 3.99. The number of hydrogen-bond acceptors (Lipinski definition) is 2. The largest absolute Gasteiger partial charge is 0.447 e. The van der Waals surface area contributed by atoms with Crippen molar-refractivity contribution in [2.45, 2.75) is 0 Å². The molecule has 4 heteroatoms. The van der Waals surface area contributed by atoms with Crippen LogP contribution in [-0.2, 0) is 0 Å². The Kier molecular flexibility index (Phi) is 3.33. The Labute approximate surface area is 119 Å². The highest BCUT2D eigenvalue weighted by molar-refractivity contribution is 9.10. The van der Waals surface area contributed by atoms with E-state index in [2.05, 4.69) is 25.5 Å². The van der Waals surface area contributed by atoms with E-state index in [4.69, 9.17) is 4.42 Å². The molecule has 0 aliphatic heterocycles. The van der Waals surface area contributed by atoms with E-state index in [-0.39, 0.29) is 0 Å².